The maximum atomic E-state index is 12.7. The quantitative estimate of drug-likeness (QED) is 0.602. The monoisotopic (exact) mass is 356 g/mol. The molecule has 0 bridgehead atoms. The Morgan fingerprint density at radius 2 is 1.54 bits per heavy atom. The Bertz CT molecular complexity index is 874. The first-order valence-corrected chi connectivity index (χ1v) is 8.06. The summed E-state index contributed by atoms with van der Waals surface area (Å²) >= 11 is 0. The molecule has 0 N–H and O–H groups in total. The number of fused-ring (bicyclic) bond motifs is 2. The molecule has 1 atom stereocenters. The number of Topliss-reactive ketones (excluding diaryl/α,β-unsaturated/α-hetero) is 1. The molecule has 2 aromatic carbocycles. The van der Waals surface area contributed by atoms with E-state index < -0.39 is 11.9 Å². The van der Waals surface area contributed by atoms with E-state index in [1.54, 1.807) is 36.4 Å². The van der Waals surface area contributed by atoms with Crippen LogP contribution in [0.1, 0.15) is 28.3 Å². The highest BCUT2D eigenvalue weighted by atomic mass is 16.7. The summed E-state index contributed by atoms with van der Waals surface area (Å²) in [5.41, 5.74) is 1.08. The summed E-state index contributed by atoms with van der Waals surface area (Å²) in [6.45, 7) is 0.271. The van der Waals surface area contributed by atoms with Gasteiger partial charge in [-0.05, 0) is 35.9 Å². The standard InChI is InChI=1S/C19H16O7/c1-22-19(21)13(11-2-4-15-17(6-11)25-9-23-15)8-14(20)12-3-5-16-18(7-12)26-10-24-16/h2-7,13H,8-10H2,1H3. The van der Waals surface area contributed by atoms with Crippen LogP contribution in [0.25, 0.3) is 0 Å². The highest BCUT2D eigenvalue weighted by molar-refractivity contribution is 5.99. The molecule has 0 radical (unpaired) electrons. The van der Waals surface area contributed by atoms with Gasteiger partial charge in [0.25, 0.3) is 0 Å². The minimum absolute atomic E-state index is 0.0358. The van der Waals surface area contributed by atoms with E-state index in [9.17, 15) is 9.59 Å². The van der Waals surface area contributed by atoms with Crippen molar-refractivity contribution in [2.24, 2.45) is 0 Å². The van der Waals surface area contributed by atoms with Crippen molar-refractivity contribution in [2.45, 2.75) is 12.3 Å². The number of benzene rings is 2. The first kappa shape index (κ1) is 16.3. The zero-order chi connectivity index (χ0) is 18.1. The van der Waals surface area contributed by atoms with Crippen molar-refractivity contribution >= 4 is 11.8 Å². The van der Waals surface area contributed by atoms with Crippen molar-refractivity contribution < 1.29 is 33.3 Å². The van der Waals surface area contributed by atoms with Crippen molar-refractivity contribution in [1.29, 1.82) is 0 Å². The van der Waals surface area contributed by atoms with Gasteiger partial charge in [-0.3, -0.25) is 9.59 Å². The molecule has 1 unspecified atom stereocenters. The van der Waals surface area contributed by atoms with Crippen LogP contribution in [0, 0.1) is 0 Å². The molecule has 2 aliphatic heterocycles. The summed E-state index contributed by atoms with van der Waals surface area (Å²) in [6, 6.07) is 10.1. The highest BCUT2D eigenvalue weighted by Gasteiger charge is 2.28. The lowest BCUT2D eigenvalue weighted by molar-refractivity contribution is -0.142. The van der Waals surface area contributed by atoms with Gasteiger partial charge in [0.15, 0.2) is 28.8 Å². The lowest BCUT2D eigenvalue weighted by Crippen LogP contribution is -2.18. The van der Waals surface area contributed by atoms with Crippen molar-refractivity contribution in [1.82, 2.24) is 0 Å². The van der Waals surface area contributed by atoms with Crippen LogP contribution >= 0.6 is 0 Å². The fourth-order valence-corrected chi connectivity index (χ4v) is 2.98. The number of esters is 1. The van der Waals surface area contributed by atoms with Crippen molar-refractivity contribution in [3.8, 4) is 23.0 Å². The van der Waals surface area contributed by atoms with E-state index >= 15 is 0 Å². The summed E-state index contributed by atoms with van der Waals surface area (Å²) < 4.78 is 26.1. The molecule has 0 amide bonds. The normalized spacial score (nSPS) is 14.8. The van der Waals surface area contributed by atoms with Crippen LogP contribution in [0.3, 0.4) is 0 Å². The second-order valence-corrected chi connectivity index (χ2v) is 5.88. The van der Waals surface area contributed by atoms with E-state index in [0.717, 1.165) is 0 Å². The molecule has 7 heteroatoms. The molecule has 2 heterocycles. The van der Waals surface area contributed by atoms with Gasteiger partial charge in [0.1, 0.15) is 0 Å². The Morgan fingerprint density at radius 3 is 2.23 bits per heavy atom. The number of hydrogen-bond acceptors (Lipinski definition) is 7. The van der Waals surface area contributed by atoms with Gasteiger partial charge in [0, 0.05) is 12.0 Å². The van der Waals surface area contributed by atoms with Crippen LogP contribution in [-0.2, 0) is 9.53 Å². The SMILES string of the molecule is COC(=O)C(CC(=O)c1ccc2c(c1)OCO2)c1ccc2c(c1)OCO2. The number of methoxy groups -OCH3 is 1. The number of hydrogen-bond donors (Lipinski definition) is 0. The van der Waals surface area contributed by atoms with Gasteiger partial charge in [-0.2, -0.15) is 0 Å². The Morgan fingerprint density at radius 1 is 0.923 bits per heavy atom. The average molecular weight is 356 g/mol. The van der Waals surface area contributed by atoms with Gasteiger partial charge in [-0.1, -0.05) is 6.07 Å². The number of ether oxygens (including phenoxy) is 5. The first-order valence-electron chi connectivity index (χ1n) is 8.06. The Hall–Kier alpha value is -3.22. The number of ketones is 1. The molecule has 0 aromatic heterocycles. The summed E-state index contributed by atoms with van der Waals surface area (Å²) in [5.74, 6) is 0.850. The predicted molar refractivity (Wildman–Crippen MR) is 88.8 cm³/mol. The fourth-order valence-electron chi connectivity index (χ4n) is 2.98. The summed E-state index contributed by atoms with van der Waals surface area (Å²) in [7, 11) is 1.30. The number of carbonyl (C=O) groups excluding carboxylic acids is 2. The first-order chi connectivity index (χ1) is 12.7. The van der Waals surface area contributed by atoms with Crippen LogP contribution in [-0.4, -0.2) is 32.4 Å². The highest BCUT2D eigenvalue weighted by Crippen LogP contribution is 2.37. The van der Waals surface area contributed by atoms with Crippen molar-refractivity contribution in [3.05, 3.63) is 47.5 Å². The lowest BCUT2D eigenvalue weighted by Gasteiger charge is -2.15. The summed E-state index contributed by atoms with van der Waals surface area (Å²) in [4.78, 5) is 25.0. The molecule has 0 saturated heterocycles. The van der Waals surface area contributed by atoms with Crippen molar-refractivity contribution in [2.75, 3.05) is 20.7 Å². The molecule has 0 aliphatic carbocycles. The van der Waals surface area contributed by atoms with Gasteiger partial charge in [-0.15, -0.1) is 0 Å². The number of rotatable bonds is 5. The number of carbonyl (C=O) groups is 2. The fraction of sp³-hybridized carbons (Fsp3) is 0.263. The van der Waals surface area contributed by atoms with Crippen LogP contribution in [0.2, 0.25) is 0 Å². The Kier molecular flexibility index (Phi) is 4.12. The zero-order valence-corrected chi connectivity index (χ0v) is 14.0. The maximum absolute atomic E-state index is 12.7. The molecule has 0 fully saturated rings. The van der Waals surface area contributed by atoms with E-state index in [1.165, 1.54) is 7.11 Å². The molecular weight excluding hydrogens is 340 g/mol. The molecule has 134 valence electrons. The molecule has 2 aromatic rings. The van der Waals surface area contributed by atoms with Gasteiger partial charge in [0.2, 0.25) is 13.6 Å². The minimum Gasteiger partial charge on any atom is -0.469 e. The van der Waals surface area contributed by atoms with Gasteiger partial charge in [0.05, 0.1) is 13.0 Å². The average Bonchev–Trinajstić information content (AvgIpc) is 3.32. The third-order valence-electron chi connectivity index (χ3n) is 4.37. The molecule has 26 heavy (non-hydrogen) atoms. The molecule has 2 aliphatic rings. The van der Waals surface area contributed by atoms with Gasteiger partial charge < -0.3 is 23.7 Å². The predicted octanol–water partition coefficient (Wildman–Crippen LogP) is 2.67. The van der Waals surface area contributed by atoms with Crippen LogP contribution in [0.4, 0.5) is 0 Å². The minimum atomic E-state index is -0.743. The van der Waals surface area contributed by atoms with Crippen LogP contribution in [0.5, 0.6) is 23.0 Å². The van der Waals surface area contributed by atoms with E-state index in [4.69, 9.17) is 23.7 Å². The zero-order valence-electron chi connectivity index (χ0n) is 14.0. The largest absolute Gasteiger partial charge is 0.469 e. The Balaban J connectivity index is 1.59. The van der Waals surface area contributed by atoms with E-state index in [2.05, 4.69) is 0 Å². The molecule has 4 rings (SSSR count). The van der Waals surface area contributed by atoms with E-state index in [0.29, 0.717) is 34.1 Å². The van der Waals surface area contributed by atoms with E-state index in [1.807, 2.05) is 0 Å². The molecular formula is C19H16O7. The van der Waals surface area contributed by atoms with Gasteiger partial charge >= 0.3 is 5.97 Å². The summed E-state index contributed by atoms with van der Waals surface area (Å²) in [6.07, 6.45) is -0.0358. The smallest absolute Gasteiger partial charge is 0.313 e. The third-order valence-corrected chi connectivity index (χ3v) is 4.37. The molecule has 7 nitrogen and oxygen atoms in total. The van der Waals surface area contributed by atoms with Gasteiger partial charge in [-0.25, -0.2) is 0 Å². The maximum Gasteiger partial charge on any atom is 0.313 e. The lowest BCUT2D eigenvalue weighted by atomic mass is 9.91. The Labute approximate surface area is 149 Å². The van der Waals surface area contributed by atoms with Crippen LogP contribution < -0.4 is 18.9 Å². The second kappa shape index (κ2) is 6.59. The van der Waals surface area contributed by atoms with Crippen molar-refractivity contribution in [3.63, 3.8) is 0 Å². The van der Waals surface area contributed by atoms with E-state index in [-0.39, 0.29) is 25.8 Å². The third kappa shape index (κ3) is 2.92. The summed E-state index contributed by atoms with van der Waals surface area (Å²) in [5, 5.41) is 0. The van der Waals surface area contributed by atoms with Crippen LogP contribution in [0.15, 0.2) is 36.4 Å². The molecule has 0 spiro atoms. The molecule has 0 saturated carbocycles. The second-order valence-electron chi connectivity index (χ2n) is 5.88. The topological polar surface area (TPSA) is 80.3 Å².